The molecular formula is C10H11ClN4OS. The van der Waals surface area contributed by atoms with Crippen LogP contribution in [0.3, 0.4) is 0 Å². The first-order valence-electron chi connectivity index (χ1n) is 5.33. The van der Waals surface area contributed by atoms with Crippen molar-refractivity contribution in [3.8, 4) is 0 Å². The molecule has 0 N–H and O–H groups in total. The minimum atomic E-state index is 0.392. The van der Waals surface area contributed by atoms with Crippen LogP contribution in [0.2, 0.25) is 4.34 Å². The van der Waals surface area contributed by atoms with Gasteiger partial charge in [-0.3, -0.25) is 4.90 Å². The van der Waals surface area contributed by atoms with Gasteiger partial charge < -0.3 is 4.52 Å². The van der Waals surface area contributed by atoms with E-state index in [9.17, 15) is 0 Å². The molecule has 0 atom stereocenters. The fourth-order valence-corrected chi connectivity index (χ4v) is 2.89. The Kier molecular flexibility index (Phi) is 2.85. The third-order valence-electron chi connectivity index (χ3n) is 2.75. The van der Waals surface area contributed by atoms with E-state index in [2.05, 4.69) is 20.0 Å². The summed E-state index contributed by atoms with van der Waals surface area (Å²) in [4.78, 5) is 10.8. The Morgan fingerprint density at radius 2 is 2.41 bits per heavy atom. The van der Waals surface area contributed by atoms with Gasteiger partial charge in [0.2, 0.25) is 5.89 Å². The highest BCUT2D eigenvalue weighted by Gasteiger charge is 2.31. The predicted molar refractivity (Wildman–Crippen MR) is 64.2 cm³/mol. The van der Waals surface area contributed by atoms with E-state index in [1.54, 1.807) is 6.20 Å². The maximum absolute atomic E-state index is 5.84. The Balaban J connectivity index is 1.55. The fourth-order valence-electron chi connectivity index (χ4n) is 1.90. The van der Waals surface area contributed by atoms with Crippen molar-refractivity contribution >= 4 is 22.9 Å². The van der Waals surface area contributed by atoms with E-state index in [0.29, 0.717) is 11.8 Å². The molecule has 0 saturated carbocycles. The first-order valence-corrected chi connectivity index (χ1v) is 6.53. The average molecular weight is 271 g/mol. The molecule has 2 aromatic rings. The van der Waals surface area contributed by atoms with Crippen molar-refractivity contribution in [1.29, 1.82) is 0 Å². The van der Waals surface area contributed by atoms with E-state index in [1.807, 2.05) is 6.92 Å². The second-order valence-electron chi connectivity index (χ2n) is 4.12. The Morgan fingerprint density at radius 3 is 3.00 bits per heavy atom. The molecule has 0 spiro atoms. The first kappa shape index (κ1) is 11.1. The molecule has 0 radical (unpaired) electrons. The summed E-state index contributed by atoms with van der Waals surface area (Å²) in [6.45, 7) is 4.57. The molecule has 0 aliphatic carbocycles. The van der Waals surface area contributed by atoms with Gasteiger partial charge in [0.25, 0.3) is 0 Å². The van der Waals surface area contributed by atoms with Crippen molar-refractivity contribution in [3.63, 3.8) is 0 Å². The first-order chi connectivity index (χ1) is 8.20. The number of likely N-dealkylation sites (tertiary alicyclic amines) is 1. The summed E-state index contributed by atoms with van der Waals surface area (Å²) >= 11 is 7.37. The van der Waals surface area contributed by atoms with Crippen LogP contribution < -0.4 is 0 Å². The van der Waals surface area contributed by atoms with Crippen LogP contribution in [-0.2, 0) is 6.54 Å². The number of nitrogens with zero attached hydrogens (tertiary/aromatic N) is 4. The van der Waals surface area contributed by atoms with Crippen molar-refractivity contribution < 1.29 is 4.52 Å². The van der Waals surface area contributed by atoms with Crippen LogP contribution in [0, 0.1) is 6.92 Å². The number of aryl methyl sites for hydroxylation is 1. The van der Waals surface area contributed by atoms with Crippen LogP contribution in [0.5, 0.6) is 0 Å². The number of thiazole rings is 1. The topological polar surface area (TPSA) is 55.1 Å². The lowest BCUT2D eigenvalue weighted by molar-refractivity contribution is 0.132. The smallest absolute Gasteiger partial charge is 0.223 e. The Morgan fingerprint density at radius 1 is 1.59 bits per heavy atom. The molecule has 1 saturated heterocycles. The maximum atomic E-state index is 5.84. The Bertz CT molecular complexity index is 520. The summed E-state index contributed by atoms with van der Waals surface area (Å²) in [5, 5.41) is 4.99. The number of aromatic nitrogens is 3. The zero-order valence-corrected chi connectivity index (χ0v) is 10.8. The monoisotopic (exact) mass is 270 g/mol. The summed E-state index contributed by atoms with van der Waals surface area (Å²) in [6.07, 6.45) is 1.70. The van der Waals surface area contributed by atoms with E-state index in [-0.39, 0.29) is 0 Å². The SMILES string of the molecule is Cc1nc(C2CN(Cc3ncc(Cl)s3)C2)no1. The van der Waals surface area contributed by atoms with Crippen LogP contribution in [0.15, 0.2) is 10.7 Å². The van der Waals surface area contributed by atoms with Crippen molar-refractivity contribution in [2.24, 2.45) is 0 Å². The molecule has 5 nitrogen and oxygen atoms in total. The highest BCUT2D eigenvalue weighted by Crippen LogP contribution is 2.28. The van der Waals surface area contributed by atoms with Crippen LogP contribution in [0.4, 0.5) is 0 Å². The Labute approximate surface area is 107 Å². The van der Waals surface area contributed by atoms with Gasteiger partial charge in [-0.05, 0) is 0 Å². The van der Waals surface area contributed by atoms with Crippen LogP contribution in [-0.4, -0.2) is 33.1 Å². The van der Waals surface area contributed by atoms with E-state index < -0.39 is 0 Å². The van der Waals surface area contributed by atoms with Crippen LogP contribution >= 0.6 is 22.9 Å². The number of rotatable bonds is 3. The third kappa shape index (κ3) is 2.34. The largest absolute Gasteiger partial charge is 0.340 e. The minimum Gasteiger partial charge on any atom is -0.340 e. The Hall–Kier alpha value is -0.980. The molecule has 90 valence electrons. The number of hydrogen-bond donors (Lipinski definition) is 0. The van der Waals surface area contributed by atoms with E-state index in [4.69, 9.17) is 16.1 Å². The minimum absolute atomic E-state index is 0.392. The second-order valence-corrected chi connectivity index (χ2v) is 5.87. The number of halogens is 1. The fraction of sp³-hybridized carbons (Fsp3) is 0.500. The number of hydrogen-bond acceptors (Lipinski definition) is 6. The molecule has 0 bridgehead atoms. The third-order valence-corrected chi connectivity index (χ3v) is 3.85. The molecule has 0 unspecified atom stereocenters. The summed E-state index contributed by atoms with van der Waals surface area (Å²) in [5.74, 6) is 1.84. The second kappa shape index (κ2) is 4.36. The van der Waals surface area contributed by atoms with Crippen molar-refractivity contribution in [1.82, 2.24) is 20.0 Å². The summed E-state index contributed by atoms with van der Waals surface area (Å²) in [7, 11) is 0. The van der Waals surface area contributed by atoms with Crippen LogP contribution in [0.1, 0.15) is 22.6 Å². The van der Waals surface area contributed by atoms with Crippen LogP contribution in [0.25, 0.3) is 0 Å². The average Bonchev–Trinajstić information content (AvgIpc) is 2.81. The highest BCUT2D eigenvalue weighted by atomic mass is 35.5. The van der Waals surface area contributed by atoms with Crippen molar-refractivity contribution in [2.75, 3.05) is 13.1 Å². The highest BCUT2D eigenvalue weighted by molar-refractivity contribution is 7.15. The van der Waals surface area contributed by atoms with Gasteiger partial charge in [0, 0.05) is 25.9 Å². The van der Waals surface area contributed by atoms with Gasteiger partial charge in [-0.2, -0.15) is 4.98 Å². The predicted octanol–water partition coefficient (Wildman–Crippen LogP) is 2.09. The molecule has 2 aromatic heterocycles. The van der Waals surface area contributed by atoms with Gasteiger partial charge in [-0.1, -0.05) is 16.8 Å². The van der Waals surface area contributed by atoms with E-state index >= 15 is 0 Å². The van der Waals surface area contributed by atoms with Gasteiger partial charge in [-0.15, -0.1) is 11.3 Å². The molecule has 1 aliphatic heterocycles. The van der Waals surface area contributed by atoms with Gasteiger partial charge >= 0.3 is 0 Å². The van der Waals surface area contributed by atoms with Gasteiger partial charge in [0.15, 0.2) is 5.82 Å². The molecule has 0 amide bonds. The van der Waals surface area contributed by atoms with Crippen molar-refractivity contribution in [2.45, 2.75) is 19.4 Å². The summed E-state index contributed by atoms with van der Waals surface area (Å²) in [6, 6.07) is 0. The molecular weight excluding hydrogens is 260 g/mol. The molecule has 7 heteroatoms. The lowest BCUT2D eigenvalue weighted by atomic mass is 10.00. The standard InChI is InChI=1S/C10H11ClN4OS/c1-6-13-10(14-16-6)7-3-15(4-7)5-9-12-2-8(11)17-9/h2,7H,3-5H2,1H3. The van der Waals surface area contributed by atoms with E-state index in [1.165, 1.54) is 11.3 Å². The molecule has 3 heterocycles. The molecule has 3 rings (SSSR count). The molecule has 0 aromatic carbocycles. The van der Waals surface area contributed by atoms with Crippen molar-refractivity contribution in [3.05, 3.63) is 27.3 Å². The lowest BCUT2D eigenvalue weighted by Crippen LogP contribution is -2.44. The van der Waals surface area contributed by atoms with Gasteiger partial charge in [-0.25, -0.2) is 4.98 Å². The zero-order chi connectivity index (χ0) is 11.8. The molecule has 17 heavy (non-hydrogen) atoms. The van der Waals surface area contributed by atoms with Gasteiger partial charge in [0.05, 0.1) is 12.7 Å². The summed E-state index contributed by atoms with van der Waals surface area (Å²) in [5.41, 5.74) is 0. The molecule has 1 aliphatic rings. The normalized spacial score (nSPS) is 17.3. The van der Waals surface area contributed by atoms with Gasteiger partial charge in [0.1, 0.15) is 9.34 Å². The maximum Gasteiger partial charge on any atom is 0.223 e. The molecule has 1 fully saturated rings. The zero-order valence-electron chi connectivity index (χ0n) is 9.26. The van der Waals surface area contributed by atoms with E-state index in [0.717, 1.165) is 34.8 Å². The lowest BCUT2D eigenvalue weighted by Gasteiger charge is -2.36. The quantitative estimate of drug-likeness (QED) is 0.855. The summed E-state index contributed by atoms with van der Waals surface area (Å²) < 4.78 is 5.71.